The molecule has 13 nitrogen and oxygen atoms in total. The summed E-state index contributed by atoms with van der Waals surface area (Å²) < 4.78 is 30.1. The Morgan fingerprint density at radius 3 is 2.62 bits per heavy atom. The zero-order valence-corrected chi connectivity index (χ0v) is 24.7. The first kappa shape index (κ1) is 31.5. The van der Waals surface area contributed by atoms with Crippen molar-refractivity contribution < 1.29 is 37.5 Å². The van der Waals surface area contributed by atoms with E-state index in [1.807, 2.05) is 11.8 Å². The maximum Gasteiger partial charge on any atom is 0.407 e. The molecular formula is C24H42N5O8PS. The van der Waals surface area contributed by atoms with Crippen molar-refractivity contribution >= 4 is 43.6 Å². The van der Waals surface area contributed by atoms with Gasteiger partial charge in [0.05, 0.1) is 31.2 Å². The lowest BCUT2D eigenvalue weighted by molar-refractivity contribution is -0.515. The highest BCUT2D eigenvalue weighted by Crippen LogP contribution is 2.64. The fourth-order valence-electron chi connectivity index (χ4n) is 5.12. The summed E-state index contributed by atoms with van der Waals surface area (Å²) in [5, 5.41) is 22.9. The maximum absolute atomic E-state index is 13.4. The van der Waals surface area contributed by atoms with Crippen LogP contribution in [0.15, 0.2) is 0 Å². The molecule has 4 N–H and O–H groups in total. The van der Waals surface area contributed by atoms with Crippen molar-refractivity contribution in [1.29, 1.82) is 0 Å². The summed E-state index contributed by atoms with van der Waals surface area (Å²) in [6.07, 6.45) is 4.62. The third-order valence-corrected chi connectivity index (χ3v) is 11.7. The first-order valence-electron chi connectivity index (χ1n) is 13.7. The van der Waals surface area contributed by atoms with Gasteiger partial charge in [0.15, 0.2) is 6.21 Å². The molecule has 0 spiro atoms. The summed E-state index contributed by atoms with van der Waals surface area (Å²) in [6.45, 7) is 5.69. The molecule has 3 aliphatic rings. The smallest absolute Gasteiger partial charge is 0.407 e. The first-order chi connectivity index (χ1) is 18.6. The number of urea groups is 1. The highest BCUT2D eigenvalue weighted by atomic mass is 32.2. The van der Waals surface area contributed by atoms with Gasteiger partial charge in [-0.15, -0.1) is 0 Å². The van der Waals surface area contributed by atoms with Gasteiger partial charge in [-0.1, -0.05) is 6.42 Å². The number of thioether (sulfide) groups is 1. The van der Waals surface area contributed by atoms with E-state index in [9.17, 15) is 24.2 Å². The Balaban J connectivity index is 1.26. The van der Waals surface area contributed by atoms with Crippen LogP contribution in [0.25, 0.3) is 0 Å². The van der Waals surface area contributed by atoms with Gasteiger partial charge in [0, 0.05) is 43.9 Å². The van der Waals surface area contributed by atoms with E-state index < -0.39 is 24.9 Å². The molecule has 0 aromatic carbocycles. The number of nitrogens with zero attached hydrogens (tertiary/aromatic N) is 1. The van der Waals surface area contributed by atoms with E-state index in [-0.39, 0.29) is 50.3 Å². The normalized spacial score (nSPS) is 27.9. The quantitative estimate of drug-likeness (QED) is 0.0692. The zero-order chi connectivity index (χ0) is 28.5. The number of unbranched alkanes of at least 4 members (excludes halogenated alkanes) is 1. The number of hydrogen-bond donors (Lipinski definition) is 4. The van der Waals surface area contributed by atoms with Crippen molar-refractivity contribution in [2.45, 2.75) is 81.9 Å². The molecular weight excluding hydrogens is 549 g/mol. The van der Waals surface area contributed by atoms with Gasteiger partial charge in [-0.25, -0.2) is 9.59 Å². The van der Waals surface area contributed by atoms with Gasteiger partial charge in [-0.05, 0) is 33.1 Å². The Kier molecular flexibility index (Phi) is 11.8. The number of carbonyl (C=O) groups excluding carboxylic acids is 3. The van der Waals surface area contributed by atoms with Gasteiger partial charge in [-0.2, -0.15) is 16.5 Å². The van der Waals surface area contributed by atoms with Crippen LogP contribution in [0, 0.1) is 11.1 Å². The van der Waals surface area contributed by atoms with Crippen LogP contribution in [0.4, 0.5) is 9.59 Å². The van der Waals surface area contributed by atoms with E-state index >= 15 is 0 Å². The molecule has 0 aliphatic carbocycles. The average molecular weight is 592 g/mol. The minimum absolute atomic E-state index is 0.0303. The van der Waals surface area contributed by atoms with Gasteiger partial charge in [0.2, 0.25) is 5.91 Å². The van der Waals surface area contributed by atoms with Gasteiger partial charge in [0.1, 0.15) is 6.61 Å². The van der Waals surface area contributed by atoms with E-state index in [1.54, 1.807) is 13.8 Å². The van der Waals surface area contributed by atoms with Crippen LogP contribution in [-0.4, -0.2) is 90.3 Å². The number of carbonyl (C=O) groups is 3. The maximum atomic E-state index is 13.4. The highest BCUT2D eigenvalue weighted by molar-refractivity contribution is 8.00. The molecule has 0 aromatic heterocycles. The van der Waals surface area contributed by atoms with Crippen LogP contribution in [-0.2, 0) is 23.1 Å². The number of alkyl carbamates (subject to hydrolysis) is 1. The van der Waals surface area contributed by atoms with E-state index in [4.69, 9.17) is 13.8 Å². The van der Waals surface area contributed by atoms with Crippen LogP contribution in [0.1, 0.15) is 59.3 Å². The van der Waals surface area contributed by atoms with Gasteiger partial charge >= 0.3 is 19.7 Å². The summed E-state index contributed by atoms with van der Waals surface area (Å²) in [6, 6.07) is 0.311. The van der Waals surface area contributed by atoms with Gasteiger partial charge in [-0.3, -0.25) is 9.36 Å². The molecule has 0 aromatic rings. The lowest BCUT2D eigenvalue weighted by Crippen LogP contribution is -2.43. The molecule has 0 saturated carbocycles. The second-order valence-corrected chi connectivity index (χ2v) is 13.7. The lowest BCUT2D eigenvalue weighted by atomic mass is 10.0. The molecule has 0 unspecified atom stereocenters. The monoisotopic (exact) mass is 591 g/mol. The second kappa shape index (κ2) is 14.6. The third-order valence-electron chi connectivity index (χ3n) is 7.37. The van der Waals surface area contributed by atoms with Crippen molar-refractivity contribution in [1.82, 2.24) is 21.3 Å². The van der Waals surface area contributed by atoms with E-state index in [0.717, 1.165) is 25.0 Å². The fraction of sp³-hybridized carbons (Fsp3) is 0.833. The number of rotatable bonds is 16. The van der Waals surface area contributed by atoms with Crippen molar-refractivity contribution in [3.8, 4) is 0 Å². The summed E-state index contributed by atoms with van der Waals surface area (Å²) in [5.74, 6) is 0.334. The Labute approximate surface area is 234 Å². The summed E-state index contributed by atoms with van der Waals surface area (Å²) in [5.41, 5.74) is 0. The van der Waals surface area contributed by atoms with E-state index in [1.165, 1.54) is 13.1 Å². The second-order valence-electron chi connectivity index (χ2n) is 9.96. The molecule has 39 heavy (non-hydrogen) atoms. The Morgan fingerprint density at radius 1 is 1.18 bits per heavy atom. The number of hydroxylamine groups is 1. The largest absolute Gasteiger partial charge is 0.623 e. The lowest BCUT2D eigenvalue weighted by Gasteiger charge is -2.34. The van der Waals surface area contributed by atoms with Gasteiger partial charge in [0.25, 0.3) is 5.28 Å². The topological polar surface area (TPSA) is 170 Å². The Bertz CT molecular complexity index is 945. The third kappa shape index (κ3) is 7.80. The van der Waals surface area contributed by atoms with Gasteiger partial charge < -0.3 is 40.3 Å². The standard InChI is InChI=1S/C24H42N5O8PS/c1-4-36-38(34,37-5-2)24(3)17(11-14-29(24)33)15-35-23(32)26-13-8-12-25-20(30)10-7-6-9-19-21-18(16-39-19)27-22(31)28-21/h14,17-19,21H,4-13,15-16H2,1-3H3,(H,25,30)(H,26,32)(H2,27,28,31)/t17-,18-,19-,21-,24-/m0/s1. The van der Waals surface area contributed by atoms with Crippen LogP contribution >= 0.6 is 19.4 Å². The van der Waals surface area contributed by atoms with Crippen LogP contribution in [0.5, 0.6) is 0 Å². The van der Waals surface area contributed by atoms with Crippen molar-refractivity contribution in [3.63, 3.8) is 0 Å². The minimum Gasteiger partial charge on any atom is -0.623 e. The fourth-order valence-corrected chi connectivity index (χ4v) is 8.89. The summed E-state index contributed by atoms with van der Waals surface area (Å²) in [7, 11) is -3.80. The molecule has 0 radical (unpaired) electrons. The molecule has 15 heteroatoms. The number of hydrogen-bond acceptors (Lipinski definition) is 9. The van der Waals surface area contributed by atoms with Crippen molar-refractivity contribution in [3.05, 3.63) is 5.21 Å². The predicted octanol–water partition coefficient (Wildman–Crippen LogP) is 2.53. The molecule has 2 saturated heterocycles. The van der Waals surface area contributed by atoms with Crippen LogP contribution in [0.2, 0.25) is 0 Å². The molecule has 2 fully saturated rings. The Hall–Kier alpha value is -2.02. The average Bonchev–Trinajstić information content (AvgIpc) is 3.54. The van der Waals surface area contributed by atoms with E-state index in [2.05, 4.69) is 21.3 Å². The summed E-state index contributed by atoms with van der Waals surface area (Å²) in [4.78, 5) is 35.7. The molecule has 0 bridgehead atoms. The highest BCUT2D eigenvalue weighted by Gasteiger charge is 2.63. The number of amides is 4. The predicted molar refractivity (Wildman–Crippen MR) is 148 cm³/mol. The number of nitrogens with one attached hydrogen (secondary N) is 4. The molecule has 222 valence electrons. The molecule has 4 amide bonds. The van der Waals surface area contributed by atoms with Crippen molar-refractivity contribution in [2.75, 3.05) is 38.7 Å². The first-order valence-corrected chi connectivity index (χ1v) is 16.3. The van der Waals surface area contributed by atoms with Crippen LogP contribution < -0.4 is 21.3 Å². The molecule has 3 rings (SSSR count). The molecule has 3 heterocycles. The SMILES string of the molecule is CCOP(=O)(OCC)[C@@]1(C)[C@H](COC(=O)NCCCNC(=O)CCCC[C@@H]2SC[C@@H]3NC(=O)N[C@@H]32)CC=[N+]1[O-]. The number of fused-ring (bicyclic) bond motifs is 1. The summed E-state index contributed by atoms with van der Waals surface area (Å²) >= 11 is 1.87. The zero-order valence-electron chi connectivity index (χ0n) is 22.9. The Morgan fingerprint density at radius 2 is 1.90 bits per heavy atom. The molecule has 5 atom stereocenters. The number of ether oxygens (including phenoxy) is 1. The molecule has 3 aliphatic heterocycles. The van der Waals surface area contributed by atoms with Crippen LogP contribution in [0.3, 0.4) is 0 Å². The minimum atomic E-state index is -3.80. The van der Waals surface area contributed by atoms with E-state index in [0.29, 0.717) is 35.9 Å². The van der Waals surface area contributed by atoms with Crippen molar-refractivity contribution in [2.24, 2.45) is 5.92 Å².